The second-order valence-electron chi connectivity index (χ2n) is 5.31. The lowest BCUT2D eigenvalue weighted by molar-refractivity contribution is 0.370. The normalized spacial score (nSPS) is 12.5. The molecule has 0 saturated heterocycles. The number of aromatic nitrogens is 4. The van der Waals surface area contributed by atoms with Crippen LogP contribution in [0.25, 0.3) is 11.4 Å². The number of nitrogens with two attached hydrogens (primary N) is 1. The Labute approximate surface area is 130 Å². The van der Waals surface area contributed by atoms with Crippen molar-refractivity contribution in [2.75, 3.05) is 5.73 Å². The van der Waals surface area contributed by atoms with Gasteiger partial charge in [0.05, 0.1) is 10.6 Å². The number of tetrazole rings is 1. The molecule has 0 radical (unpaired) electrons. The number of benzene rings is 1. The van der Waals surface area contributed by atoms with Gasteiger partial charge >= 0.3 is 0 Å². The SMILES string of the molecule is CCCCC(CC)Cn1nnnc1-c1c(N)cccc1Cl. The lowest BCUT2D eigenvalue weighted by Crippen LogP contribution is -2.13. The third kappa shape index (κ3) is 3.73. The first kappa shape index (κ1) is 15.8. The van der Waals surface area contributed by atoms with Gasteiger partial charge in [-0.15, -0.1) is 5.10 Å². The molecule has 2 N–H and O–H groups in total. The molecule has 0 amide bonds. The van der Waals surface area contributed by atoms with Crippen molar-refractivity contribution in [3.63, 3.8) is 0 Å². The van der Waals surface area contributed by atoms with Gasteiger partial charge < -0.3 is 5.73 Å². The van der Waals surface area contributed by atoms with Crippen LogP contribution in [0.15, 0.2) is 18.2 Å². The number of hydrogen-bond donors (Lipinski definition) is 1. The van der Waals surface area contributed by atoms with E-state index in [4.69, 9.17) is 17.3 Å². The van der Waals surface area contributed by atoms with Gasteiger partial charge in [0.2, 0.25) is 0 Å². The van der Waals surface area contributed by atoms with E-state index in [2.05, 4.69) is 29.4 Å². The van der Waals surface area contributed by atoms with Crippen LogP contribution < -0.4 is 5.73 Å². The Kier molecular flexibility index (Phi) is 5.56. The Bertz CT molecular complexity index is 561. The molecule has 5 nitrogen and oxygen atoms in total. The van der Waals surface area contributed by atoms with E-state index in [-0.39, 0.29) is 0 Å². The largest absolute Gasteiger partial charge is 0.398 e. The molecule has 1 heterocycles. The zero-order chi connectivity index (χ0) is 15.2. The van der Waals surface area contributed by atoms with Crippen molar-refractivity contribution in [1.82, 2.24) is 20.2 Å². The smallest absolute Gasteiger partial charge is 0.185 e. The van der Waals surface area contributed by atoms with Crippen LogP contribution in [-0.4, -0.2) is 20.2 Å². The fourth-order valence-corrected chi connectivity index (χ4v) is 2.71. The highest BCUT2D eigenvalue weighted by Gasteiger charge is 2.17. The highest BCUT2D eigenvalue weighted by atomic mass is 35.5. The summed E-state index contributed by atoms with van der Waals surface area (Å²) < 4.78 is 1.82. The Hall–Kier alpha value is -1.62. The minimum absolute atomic E-state index is 0.566. The summed E-state index contributed by atoms with van der Waals surface area (Å²) in [6.07, 6.45) is 4.72. The maximum absolute atomic E-state index is 6.26. The Balaban J connectivity index is 2.26. The molecule has 0 fully saturated rings. The lowest BCUT2D eigenvalue weighted by atomic mass is 9.99. The van der Waals surface area contributed by atoms with Gasteiger partial charge in [-0.3, -0.25) is 0 Å². The van der Waals surface area contributed by atoms with Gasteiger partial charge in [0.15, 0.2) is 5.82 Å². The molecule has 2 aromatic rings. The molecule has 6 heteroatoms. The lowest BCUT2D eigenvalue weighted by Gasteiger charge is -2.15. The van der Waals surface area contributed by atoms with E-state index >= 15 is 0 Å². The molecular weight excluding hydrogens is 286 g/mol. The molecule has 0 spiro atoms. The quantitative estimate of drug-likeness (QED) is 0.790. The number of unbranched alkanes of at least 4 members (excludes halogenated alkanes) is 1. The summed E-state index contributed by atoms with van der Waals surface area (Å²) in [7, 11) is 0. The maximum Gasteiger partial charge on any atom is 0.185 e. The molecule has 0 aliphatic carbocycles. The molecule has 1 unspecified atom stereocenters. The minimum atomic E-state index is 0.566. The standard InChI is InChI=1S/C15H22ClN5/c1-3-5-7-11(4-2)10-21-15(18-19-20-21)14-12(16)8-6-9-13(14)17/h6,8-9,11H,3-5,7,10,17H2,1-2H3. The summed E-state index contributed by atoms with van der Waals surface area (Å²) in [5, 5.41) is 12.6. The van der Waals surface area contributed by atoms with Gasteiger partial charge in [-0.05, 0) is 34.9 Å². The third-order valence-electron chi connectivity index (χ3n) is 3.78. The summed E-state index contributed by atoms with van der Waals surface area (Å²) in [4.78, 5) is 0. The van der Waals surface area contributed by atoms with Crippen LogP contribution in [0.1, 0.15) is 39.5 Å². The second-order valence-corrected chi connectivity index (χ2v) is 5.71. The number of nitrogens with zero attached hydrogens (tertiary/aromatic N) is 4. The van der Waals surface area contributed by atoms with E-state index in [0.29, 0.717) is 22.5 Å². The predicted octanol–water partition coefficient (Wildman–Crippen LogP) is 3.79. The molecule has 1 aromatic heterocycles. The number of halogens is 1. The van der Waals surface area contributed by atoms with Crippen LogP contribution >= 0.6 is 11.6 Å². The van der Waals surface area contributed by atoms with Gasteiger partial charge in [-0.25, -0.2) is 4.68 Å². The van der Waals surface area contributed by atoms with Crippen molar-refractivity contribution < 1.29 is 0 Å². The zero-order valence-corrected chi connectivity index (χ0v) is 13.3. The van der Waals surface area contributed by atoms with Crippen molar-refractivity contribution in [2.45, 2.75) is 46.1 Å². The molecular formula is C15H22ClN5. The Morgan fingerprint density at radius 2 is 2.14 bits per heavy atom. The van der Waals surface area contributed by atoms with Gasteiger partial charge in [0.1, 0.15) is 0 Å². The third-order valence-corrected chi connectivity index (χ3v) is 4.09. The highest BCUT2D eigenvalue weighted by Crippen LogP contribution is 2.31. The van der Waals surface area contributed by atoms with Crippen LogP contribution in [0.3, 0.4) is 0 Å². The first-order valence-corrected chi connectivity index (χ1v) is 7.85. The van der Waals surface area contributed by atoms with Gasteiger partial charge in [0.25, 0.3) is 0 Å². The molecule has 114 valence electrons. The van der Waals surface area contributed by atoms with Gasteiger partial charge in [0, 0.05) is 12.2 Å². The fraction of sp³-hybridized carbons (Fsp3) is 0.533. The fourth-order valence-electron chi connectivity index (χ4n) is 2.45. The van der Waals surface area contributed by atoms with Gasteiger partial charge in [-0.2, -0.15) is 0 Å². The molecule has 1 aromatic carbocycles. The zero-order valence-electron chi connectivity index (χ0n) is 12.6. The van der Waals surface area contributed by atoms with E-state index in [1.54, 1.807) is 6.07 Å². The number of nitrogen functional groups attached to an aromatic ring is 1. The van der Waals surface area contributed by atoms with E-state index in [1.807, 2.05) is 16.8 Å². The summed E-state index contributed by atoms with van der Waals surface area (Å²) in [5.74, 6) is 1.21. The number of anilines is 1. The van der Waals surface area contributed by atoms with Crippen molar-refractivity contribution in [2.24, 2.45) is 5.92 Å². The van der Waals surface area contributed by atoms with E-state index < -0.39 is 0 Å². The topological polar surface area (TPSA) is 69.6 Å². The van der Waals surface area contributed by atoms with Crippen LogP contribution in [0.4, 0.5) is 5.69 Å². The summed E-state index contributed by atoms with van der Waals surface area (Å²) in [6, 6.07) is 5.45. The Morgan fingerprint density at radius 1 is 1.33 bits per heavy atom. The minimum Gasteiger partial charge on any atom is -0.398 e. The number of rotatable bonds is 7. The van der Waals surface area contributed by atoms with E-state index in [0.717, 1.165) is 18.5 Å². The first-order valence-electron chi connectivity index (χ1n) is 7.47. The van der Waals surface area contributed by atoms with Crippen LogP contribution in [0.5, 0.6) is 0 Å². The van der Waals surface area contributed by atoms with Crippen molar-refractivity contribution >= 4 is 17.3 Å². The monoisotopic (exact) mass is 307 g/mol. The Morgan fingerprint density at radius 3 is 2.81 bits per heavy atom. The molecule has 1 atom stereocenters. The van der Waals surface area contributed by atoms with Crippen LogP contribution in [0, 0.1) is 5.92 Å². The summed E-state index contributed by atoms with van der Waals surface area (Å²) in [6.45, 7) is 5.21. The molecule has 0 bridgehead atoms. The van der Waals surface area contributed by atoms with E-state index in [1.165, 1.54) is 19.3 Å². The predicted molar refractivity (Wildman–Crippen MR) is 86.0 cm³/mol. The molecule has 0 aliphatic heterocycles. The average Bonchev–Trinajstić information content (AvgIpc) is 2.91. The summed E-state index contributed by atoms with van der Waals surface area (Å²) in [5.41, 5.74) is 7.35. The van der Waals surface area contributed by atoms with Crippen LogP contribution in [0.2, 0.25) is 5.02 Å². The maximum atomic E-state index is 6.26. The van der Waals surface area contributed by atoms with Crippen molar-refractivity contribution in [3.05, 3.63) is 23.2 Å². The molecule has 0 aliphatic rings. The molecule has 0 saturated carbocycles. The number of hydrogen-bond acceptors (Lipinski definition) is 4. The van der Waals surface area contributed by atoms with Crippen molar-refractivity contribution in [3.8, 4) is 11.4 Å². The van der Waals surface area contributed by atoms with Gasteiger partial charge in [-0.1, -0.05) is 50.8 Å². The summed E-state index contributed by atoms with van der Waals surface area (Å²) >= 11 is 6.26. The van der Waals surface area contributed by atoms with Crippen molar-refractivity contribution in [1.29, 1.82) is 0 Å². The second kappa shape index (κ2) is 7.41. The highest BCUT2D eigenvalue weighted by molar-refractivity contribution is 6.33. The average molecular weight is 308 g/mol. The molecule has 21 heavy (non-hydrogen) atoms. The first-order chi connectivity index (χ1) is 10.2. The van der Waals surface area contributed by atoms with Crippen LogP contribution in [-0.2, 0) is 6.54 Å². The molecule has 2 rings (SSSR count). The van der Waals surface area contributed by atoms with E-state index in [9.17, 15) is 0 Å².